The van der Waals surface area contributed by atoms with Gasteiger partial charge < -0.3 is 10.1 Å². The Labute approximate surface area is 111 Å². The van der Waals surface area contributed by atoms with Crippen LogP contribution >= 0.6 is 11.5 Å². The zero-order valence-electron chi connectivity index (χ0n) is 11.2. The van der Waals surface area contributed by atoms with E-state index in [4.69, 9.17) is 4.74 Å². The van der Waals surface area contributed by atoms with E-state index < -0.39 is 17.7 Å². The Morgan fingerprint density at radius 2 is 2.06 bits per heavy atom. The number of aromatic nitrogens is 1. The van der Waals surface area contributed by atoms with Crippen molar-refractivity contribution in [3.63, 3.8) is 0 Å². The van der Waals surface area contributed by atoms with E-state index in [-0.39, 0.29) is 5.78 Å². The fourth-order valence-corrected chi connectivity index (χ4v) is 2.03. The van der Waals surface area contributed by atoms with Gasteiger partial charge in [0.1, 0.15) is 5.60 Å². The van der Waals surface area contributed by atoms with E-state index in [1.54, 1.807) is 33.8 Å². The molecule has 1 amide bonds. The van der Waals surface area contributed by atoms with E-state index in [1.165, 1.54) is 0 Å². The SMILES string of the molecule is Cc1cc(C(=O)[C@@H](C)NC(=O)OC(C)(C)C)sn1. The number of ketones is 1. The number of carbonyl (C=O) groups is 2. The second-order valence-electron chi connectivity index (χ2n) is 5.06. The Hall–Kier alpha value is -1.43. The zero-order chi connectivity index (χ0) is 13.9. The summed E-state index contributed by atoms with van der Waals surface area (Å²) in [6, 6.07) is 1.08. The van der Waals surface area contributed by atoms with Crippen LogP contribution in [0, 0.1) is 6.92 Å². The standard InChI is InChI=1S/C12H18N2O3S/c1-7-6-9(18-14-7)10(15)8(2)13-11(16)17-12(3,4)5/h6,8H,1-5H3,(H,13,16)/t8-/m1/s1. The molecule has 1 aromatic heterocycles. The molecule has 0 bridgehead atoms. The quantitative estimate of drug-likeness (QED) is 0.857. The molecular formula is C12H18N2O3S. The minimum Gasteiger partial charge on any atom is -0.444 e. The largest absolute Gasteiger partial charge is 0.444 e. The Morgan fingerprint density at radius 3 is 2.50 bits per heavy atom. The van der Waals surface area contributed by atoms with Crippen LogP contribution in [0.15, 0.2) is 6.07 Å². The number of aryl methyl sites for hydroxylation is 1. The number of alkyl carbamates (subject to hydrolysis) is 1. The van der Waals surface area contributed by atoms with Crippen LogP contribution in [0.25, 0.3) is 0 Å². The van der Waals surface area contributed by atoms with Gasteiger partial charge in [0.2, 0.25) is 0 Å². The van der Waals surface area contributed by atoms with Gasteiger partial charge in [0.05, 0.1) is 16.6 Å². The highest BCUT2D eigenvalue weighted by molar-refractivity contribution is 7.08. The highest BCUT2D eigenvalue weighted by atomic mass is 32.1. The normalized spacial score (nSPS) is 12.9. The Kier molecular flexibility index (Phi) is 4.45. The van der Waals surface area contributed by atoms with Crippen LogP contribution in [0.2, 0.25) is 0 Å². The van der Waals surface area contributed by atoms with Gasteiger partial charge in [0, 0.05) is 0 Å². The highest BCUT2D eigenvalue weighted by Gasteiger charge is 2.22. The third-order valence-corrected chi connectivity index (χ3v) is 2.89. The number of nitrogens with one attached hydrogen (secondary N) is 1. The van der Waals surface area contributed by atoms with E-state index in [0.29, 0.717) is 4.88 Å². The summed E-state index contributed by atoms with van der Waals surface area (Å²) in [4.78, 5) is 24.0. The van der Waals surface area contributed by atoms with Crippen molar-refractivity contribution in [2.24, 2.45) is 0 Å². The lowest BCUT2D eigenvalue weighted by Gasteiger charge is -2.21. The molecule has 0 aliphatic rings. The molecule has 1 heterocycles. The smallest absolute Gasteiger partial charge is 0.408 e. The van der Waals surface area contributed by atoms with Gasteiger partial charge in [-0.05, 0) is 52.2 Å². The van der Waals surface area contributed by atoms with Crippen LogP contribution in [-0.2, 0) is 4.74 Å². The number of carbonyl (C=O) groups excluding carboxylic acids is 2. The van der Waals surface area contributed by atoms with Crippen LogP contribution in [-0.4, -0.2) is 27.9 Å². The van der Waals surface area contributed by atoms with E-state index in [0.717, 1.165) is 17.2 Å². The molecule has 0 fully saturated rings. The number of amides is 1. The number of ether oxygens (including phenoxy) is 1. The molecule has 1 N–H and O–H groups in total. The summed E-state index contributed by atoms with van der Waals surface area (Å²) in [7, 11) is 0. The molecule has 0 aliphatic carbocycles. The lowest BCUT2D eigenvalue weighted by molar-refractivity contribution is 0.0497. The molecule has 0 spiro atoms. The number of hydrogen-bond acceptors (Lipinski definition) is 5. The molecule has 18 heavy (non-hydrogen) atoms. The van der Waals surface area contributed by atoms with Crippen LogP contribution in [0.1, 0.15) is 43.1 Å². The molecule has 1 atom stereocenters. The van der Waals surface area contributed by atoms with Crippen molar-refractivity contribution < 1.29 is 14.3 Å². The molecular weight excluding hydrogens is 252 g/mol. The predicted molar refractivity (Wildman–Crippen MR) is 70.0 cm³/mol. The molecule has 0 unspecified atom stereocenters. The van der Waals surface area contributed by atoms with Crippen LogP contribution in [0.3, 0.4) is 0 Å². The molecule has 1 rings (SSSR count). The van der Waals surface area contributed by atoms with Gasteiger partial charge >= 0.3 is 6.09 Å². The van der Waals surface area contributed by atoms with Gasteiger partial charge in [-0.1, -0.05) is 0 Å². The van der Waals surface area contributed by atoms with Crippen molar-refractivity contribution in [2.75, 3.05) is 0 Å². The van der Waals surface area contributed by atoms with Crippen molar-refractivity contribution in [1.82, 2.24) is 9.69 Å². The molecule has 0 aliphatic heterocycles. The topological polar surface area (TPSA) is 68.3 Å². The van der Waals surface area contributed by atoms with E-state index >= 15 is 0 Å². The van der Waals surface area contributed by atoms with E-state index in [2.05, 4.69) is 9.69 Å². The summed E-state index contributed by atoms with van der Waals surface area (Å²) in [6.07, 6.45) is -0.593. The maximum absolute atomic E-state index is 12.0. The van der Waals surface area contributed by atoms with Gasteiger partial charge in [-0.3, -0.25) is 4.79 Å². The van der Waals surface area contributed by atoms with E-state index in [9.17, 15) is 9.59 Å². The second-order valence-corrected chi connectivity index (χ2v) is 5.87. The third kappa shape index (κ3) is 4.44. The van der Waals surface area contributed by atoms with Crippen molar-refractivity contribution in [3.05, 3.63) is 16.6 Å². The van der Waals surface area contributed by atoms with Crippen LogP contribution in [0.4, 0.5) is 4.79 Å². The van der Waals surface area contributed by atoms with Crippen LogP contribution in [0.5, 0.6) is 0 Å². The zero-order valence-corrected chi connectivity index (χ0v) is 12.1. The first-order valence-electron chi connectivity index (χ1n) is 5.66. The summed E-state index contributed by atoms with van der Waals surface area (Å²) in [5, 5.41) is 2.51. The summed E-state index contributed by atoms with van der Waals surface area (Å²) >= 11 is 1.13. The van der Waals surface area contributed by atoms with Gasteiger partial charge in [-0.2, -0.15) is 4.37 Å². The monoisotopic (exact) mass is 270 g/mol. The number of rotatable bonds is 3. The van der Waals surface area contributed by atoms with Gasteiger partial charge in [0.25, 0.3) is 0 Å². The Bertz CT molecular complexity index is 448. The molecule has 100 valence electrons. The van der Waals surface area contributed by atoms with Crippen molar-refractivity contribution in [3.8, 4) is 0 Å². The molecule has 1 aromatic rings. The van der Waals surface area contributed by atoms with Crippen molar-refractivity contribution in [1.29, 1.82) is 0 Å². The highest BCUT2D eigenvalue weighted by Crippen LogP contribution is 2.12. The minimum atomic E-state index is -0.625. The minimum absolute atomic E-state index is 0.161. The first-order chi connectivity index (χ1) is 8.19. The molecule has 6 heteroatoms. The number of Topliss-reactive ketones (excluding diaryl/α,β-unsaturated/α-hetero) is 1. The summed E-state index contributed by atoms with van der Waals surface area (Å²) < 4.78 is 9.12. The molecule has 5 nitrogen and oxygen atoms in total. The van der Waals surface area contributed by atoms with E-state index in [1.807, 2.05) is 6.92 Å². The van der Waals surface area contributed by atoms with Crippen molar-refractivity contribution >= 4 is 23.4 Å². The number of hydrogen-bond donors (Lipinski definition) is 1. The first-order valence-corrected chi connectivity index (χ1v) is 6.43. The second kappa shape index (κ2) is 5.48. The van der Waals surface area contributed by atoms with Crippen molar-refractivity contribution in [2.45, 2.75) is 46.3 Å². The predicted octanol–water partition coefficient (Wildman–Crippen LogP) is 2.55. The summed E-state index contributed by atoms with van der Waals surface area (Å²) in [5.74, 6) is -0.161. The summed E-state index contributed by atoms with van der Waals surface area (Å²) in [5.41, 5.74) is 0.223. The van der Waals surface area contributed by atoms with Crippen LogP contribution < -0.4 is 5.32 Å². The Balaban J connectivity index is 2.58. The number of nitrogens with zero attached hydrogens (tertiary/aromatic N) is 1. The Morgan fingerprint density at radius 1 is 1.44 bits per heavy atom. The molecule has 0 aromatic carbocycles. The van der Waals surface area contributed by atoms with Gasteiger partial charge in [-0.15, -0.1) is 0 Å². The average Bonchev–Trinajstić information content (AvgIpc) is 2.60. The third-order valence-electron chi connectivity index (χ3n) is 2.00. The molecule has 0 saturated carbocycles. The average molecular weight is 270 g/mol. The molecule has 0 saturated heterocycles. The summed E-state index contributed by atoms with van der Waals surface area (Å²) in [6.45, 7) is 8.75. The maximum Gasteiger partial charge on any atom is 0.408 e. The lowest BCUT2D eigenvalue weighted by atomic mass is 10.2. The molecule has 0 radical (unpaired) electrons. The fraction of sp³-hybridized carbons (Fsp3) is 0.583. The fourth-order valence-electron chi connectivity index (χ4n) is 1.24. The van der Waals surface area contributed by atoms with Gasteiger partial charge in [0.15, 0.2) is 5.78 Å². The first kappa shape index (κ1) is 14.6. The van der Waals surface area contributed by atoms with Gasteiger partial charge in [-0.25, -0.2) is 4.79 Å². The lowest BCUT2D eigenvalue weighted by Crippen LogP contribution is -2.41. The maximum atomic E-state index is 12.0.